The number of fused-ring (bicyclic) bond motifs is 1. The second-order valence-electron chi connectivity index (χ2n) is 8.73. The highest BCUT2D eigenvalue weighted by Crippen LogP contribution is 2.38. The maximum absolute atomic E-state index is 13.3. The quantitative estimate of drug-likeness (QED) is 0.139. The second-order valence-corrected chi connectivity index (χ2v) is 11.0. The van der Waals surface area contributed by atoms with Crippen LogP contribution in [0.1, 0.15) is 18.1 Å². The first-order valence-electron chi connectivity index (χ1n) is 12.5. The van der Waals surface area contributed by atoms with Crippen molar-refractivity contribution in [3.8, 4) is 5.75 Å². The number of nitrogens with zero attached hydrogens (tertiary/aromatic N) is 2. The van der Waals surface area contributed by atoms with Gasteiger partial charge in [0.1, 0.15) is 6.61 Å². The minimum atomic E-state index is -0.113. The number of carbonyl (C=O) groups excluding carboxylic acids is 1. The van der Waals surface area contributed by atoms with Crippen LogP contribution in [0.15, 0.2) is 99.3 Å². The van der Waals surface area contributed by atoms with Crippen molar-refractivity contribution >= 4 is 72.9 Å². The van der Waals surface area contributed by atoms with Crippen LogP contribution >= 0.6 is 39.3 Å². The molecule has 4 aromatic carbocycles. The number of ether oxygens (including phenoxy) is 2. The molecule has 5 nitrogen and oxygen atoms in total. The average Bonchev–Trinajstić information content (AvgIpc) is 3.22. The molecule has 39 heavy (non-hydrogen) atoms. The Labute approximate surface area is 245 Å². The van der Waals surface area contributed by atoms with E-state index in [-0.39, 0.29) is 5.91 Å². The van der Waals surface area contributed by atoms with Crippen molar-refractivity contribution in [3.05, 3.63) is 110 Å². The van der Waals surface area contributed by atoms with Crippen LogP contribution in [0.2, 0.25) is 5.02 Å². The Bertz CT molecular complexity index is 1530. The molecular formula is C31H26BrClN2O3S. The molecular weight excluding hydrogens is 596 g/mol. The second kappa shape index (κ2) is 12.8. The van der Waals surface area contributed by atoms with Gasteiger partial charge in [-0.2, -0.15) is 0 Å². The lowest BCUT2D eigenvalue weighted by Gasteiger charge is -2.15. The summed E-state index contributed by atoms with van der Waals surface area (Å²) < 4.78 is 12.4. The summed E-state index contributed by atoms with van der Waals surface area (Å²) in [6.45, 7) is 3.76. The van der Waals surface area contributed by atoms with Gasteiger partial charge in [-0.25, -0.2) is 4.99 Å². The largest absolute Gasteiger partial charge is 0.486 e. The fourth-order valence-electron chi connectivity index (χ4n) is 4.22. The van der Waals surface area contributed by atoms with Gasteiger partial charge in [0.05, 0.1) is 33.2 Å². The van der Waals surface area contributed by atoms with Gasteiger partial charge in [0, 0.05) is 6.61 Å². The lowest BCUT2D eigenvalue weighted by molar-refractivity contribution is -0.122. The van der Waals surface area contributed by atoms with Crippen LogP contribution in [0, 0.1) is 0 Å². The molecule has 198 valence electrons. The zero-order valence-corrected chi connectivity index (χ0v) is 24.4. The molecule has 8 heteroatoms. The zero-order valence-electron chi connectivity index (χ0n) is 21.3. The van der Waals surface area contributed by atoms with E-state index in [1.165, 1.54) is 11.8 Å². The number of carbonyl (C=O) groups is 1. The van der Waals surface area contributed by atoms with E-state index in [4.69, 9.17) is 26.1 Å². The predicted molar refractivity (Wildman–Crippen MR) is 165 cm³/mol. The number of amides is 1. The number of hydrogen-bond acceptors (Lipinski definition) is 5. The van der Waals surface area contributed by atoms with Gasteiger partial charge in [-0.1, -0.05) is 72.3 Å². The normalized spacial score (nSPS) is 15.6. The Morgan fingerprint density at radius 2 is 1.79 bits per heavy atom. The molecule has 5 rings (SSSR count). The SMILES string of the molecule is CCOCCN1C(=O)/C(=C/c2cc(Cl)c(OCc3cccc4ccccc34)c(Br)c2)SC1=Nc1ccccc1. The summed E-state index contributed by atoms with van der Waals surface area (Å²) in [5.74, 6) is 0.444. The third-order valence-electron chi connectivity index (χ3n) is 6.10. The maximum Gasteiger partial charge on any atom is 0.266 e. The molecule has 0 spiro atoms. The molecule has 1 aliphatic rings. The molecule has 1 heterocycles. The third kappa shape index (κ3) is 6.56. The van der Waals surface area contributed by atoms with Crippen LogP contribution in [-0.4, -0.2) is 35.7 Å². The monoisotopic (exact) mass is 620 g/mol. The Morgan fingerprint density at radius 3 is 2.59 bits per heavy atom. The molecule has 1 aliphatic heterocycles. The Hall–Kier alpha value is -3.10. The van der Waals surface area contributed by atoms with Gasteiger partial charge in [0.25, 0.3) is 5.91 Å². The van der Waals surface area contributed by atoms with Crippen LogP contribution in [0.3, 0.4) is 0 Å². The predicted octanol–water partition coefficient (Wildman–Crippen LogP) is 8.48. The van der Waals surface area contributed by atoms with Gasteiger partial charge in [-0.3, -0.25) is 9.69 Å². The van der Waals surface area contributed by atoms with Gasteiger partial charge in [-0.05, 0) is 86.9 Å². The van der Waals surface area contributed by atoms with Gasteiger partial charge in [-0.15, -0.1) is 0 Å². The molecule has 0 N–H and O–H groups in total. The number of para-hydroxylation sites is 1. The molecule has 0 saturated carbocycles. The van der Waals surface area contributed by atoms with Crippen molar-refractivity contribution < 1.29 is 14.3 Å². The highest BCUT2D eigenvalue weighted by molar-refractivity contribution is 9.10. The summed E-state index contributed by atoms with van der Waals surface area (Å²) in [7, 11) is 0. The highest BCUT2D eigenvalue weighted by atomic mass is 79.9. The van der Waals surface area contributed by atoms with Crippen molar-refractivity contribution in [2.45, 2.75) is 13.5 Å². The number of aliphatic imine (C=N–C) groups is 1. The summed E-state index contributed by atoms with van der Waals surface area (Å²) in [5.41, 5.74) is 2.65. The van der Waals surface area contributed by atoms with Crippen molar-refractivity contribution in [1.29, 1.82) is 0 Å². The van der Waals surface area contributed by atoms with Crippen molar-refractivity contribution in [2.75, 3.05) is 19.8 Å². The van der Waals surface area contributed by atoms with Crippen LogP contribution in [0.4, 0.5) is 5.69 Å². The molecule has 1 saturated heterocycles. The van der Waals surface area contributed by atoms with E-state index in [9.17, 15) is 4.79 Å². The first-order chi connectivity index (χ1) is 19.0. The average molecular weight is 622 g/mol. The molecule has 0 aliphatic carbocycles. The van der Waals surface area contributed by atoms with E-state index in [0.717, 1.165) is 27.6 Å². The lowest BCUT2D eigenvalue weighted by atomic mass is 10.1. The van der Waals surface area contributed by atoms with Gasteiger partial charge in [0.15, 0.2) is 10.9 Å². The van der Waals surface area contributed by atoms with Crippen LogP contribution in [-0.2, 0) is 16.1 Å². The number of thioether (sulfide) groups is 1. The topological polar surface area (TPSA) is 51.1 Å². The van der Waals surface area contributed by atoms with E-state index >= 15 is 0 Å². The summed E-state index contributed by atoms with van der Waals surface area (Å²) in [6, 6.07) is 27.7. The minimum absolute atomic E-state index is 0.113. The van der Waals surface area contributed by atoms with Crippen LogP contribution < -0.4 is 4.74 Å². The molecule has 0 atom stereocenters. The third-order valence-corrected chi connectivity index (χ3v) is 7.98. The fraction of sp³-hybridized carbons (Fsp3) is 0.161. The molecule has 1 fully saturated rings. The Morgan fingerprint density at radius 1 is 1.03 bits per heavy atom. The van der Waals surface area contributed by atoms with Gasteiger partial charge in [0.2, 0.25) is 0 Å². The van der Waals surface area contributed by atoms with E-state index in [0.29, 0.717) is 51.7 Å². The molecule has 0 bridgehead atoms. The van der Waals surface area contributed by atoms with Crippen LogP contribution in [0.5, 0.6) is 5.75 Å². The summed E-state index contributed by atoms with van der Waals surface area (Å²) in [4.78, 5) is 20.3. The molecule has 0 radical (unpaired) electrons. The molecule has 0 aromatic heterocycles. The summed E-state index contributed by atoms with van der Waals surface area (Å²) in [5, 5.41) is 3.39. The van der Waals surface area contributed by atoms with Crippen LogP contribution in [0.25, 0.3) is 16.8 Å². The van der Waals surface area contributed by atoms with Gasteiger partial charge < -0.3 is 9.47 Å². The number of hydrogen-bond donors (Lipinski definition) is 0. The zero-order chi connectivity index (χ0) is 27.2. The smallest absolute Gasteiger partial charge is 0.266 e. The van der Waals surface area contributed by atoms with E-state index in [1.807, 2.05) is 73.7 Å². The first-order valence-corrected chi connectivity index (χ1v) is 14.5. The Kier molecular flexibility index (Phi) is 9.04. The highest BCUT2D eigenvalue weighted by Gasteiger charge is 2.33. The Balaban J connectivity index is 1.37. The molecule has 1 amide bonds. The number of rotatable bonds is 9. The minimum Gasteiger partial charge on any atom is -0.486 e. The van der Waals surface area contributed by atoms with E-state index < -0.39 is 0 Å². The van der Waals surface area contributed by atoms with Crippen molar-refractivity contribution in [1.82, 2.24) is 4.90 Å². The van der Waals surface area contributed by atoms with Crippen molar-refractivity contribution in [2.24, 2.45) is 4.99 Å². The number of benzene rings is 4. The summed E-state index contributed by atoms with van der Waals surface area (Å²) >= 11 is 11.6. The number of amidine groups is 1. The summed E-state index contributed by atoms with van der Waals surface area (Å²) in [6.07, 6.45) is 1.83. The number of halogens is 2. The molecule has 4 aromatic rings. The molecule has 0 unspecified atom stereocenters. The first kappa shape index (κ1) is 27.5. The van der Waals surface area contributed by atoms with E-state index in [2.05, 4.69) is 40.2 Å². The maximum atomic E-state index is 13.3. The van der Waals surface area contributed by atoms with E-state index in [1.54, 1.807) is 4.90 Å². The van der Waals surface area contributed by atoms with Gasteiger partial charge >= 0.3 is 0 Å². The lowest BCUT2D eigenvalue weighted by Crippen LogP contribution is -2.32. The fourth-order valence-corrected chi connectivity index (χ4v) is 6.24. The standard InChI is InChI=1S/C31H26BrClN2O3S/c1-2-37-16-15-35-30(36)28(39-31(35)34-24-12-4-3-5-13-24)19-21-17-26(32)29(27(33)18-21)38-20-23-11-8-10-22-9-6-7-14-25(22)23/h3-14,17-19H,2,15-16,20H2,1H3/b28-19-,34-31?. The van der Waals surface area contributed by atoms with Crippen molar-refractivity contribution in [3.63, 3.8) is 0 Å².